The Balaban J connectivity index is 1.73. The van der Waals surface area contributed by atoms with Crippen molar-refractivity contribution in [3.63, 3.8) is 0 Å². The molecule has 1 aliphatic heterocycles. The predicted molar refractivity (Wildman–Crippen MR) is 144 cm³/mol. The third-order valence-corrected chi connectivity index (χ3v) is 6.16. The topological polar surface area (TPSA) is 181 Å². The molecule has 200 valence electrons. The van der Waals surface area contributed by atoms with E-state index in [1.807, 2.05) is 26.8 Å². The van der Waals surface area contributed by atoms with Crippen molar-refractivity contribution in [2.75, 3.05) is 48.0 Å². The van der Waals surface area contributed by atoms with Crippen molar-refractivity contribution in [3.05, 3.63) is 45.0 Å². The summed E-state index contributed by atoms with van der Waals surface area (Å²) in [7, 11) is 0. The zero-order valence-electron chi connectivity index (χ0n) is 21.5. The Kier molecular flexibility index (Phi) is 7.19. The fourth-order valence-corrected chi connectivity index (χ4v) is 4.39. The summed E-state index contributed by atoms with van der Waals surface area (Å²) in [6.07, 6.45) is -0.414. The number of amides is 1. The van der Waals surface area contributed by atoms with Gasteiger partial charge in [-0.3, -0.25) is 4.79 Å². The maximum atomic E-state index is 13.8. The summed E-state index contributed by atoms with van der Waals surface area (Å²) in [4.78, 5) is 40.7. The van der Waals surface area contributed by atoms with E-state index in [9.17, 15) is 14.9 Å². The van der Waals surface area contributed by atoms with Crippen LogP contribution in [-0.4, -0.2) is 62.4 Å². The van der Waals surface area contributed by atoms with Crippen LogP contribution < -0.4 is 27.4 Å². The Bertz CT molecular complexity index is 1490. The number of rotatable bonds is 4. The van der Waals surface area contributed by atoms with Crippen LogP contribution in [-0.2, 0) is 4.74 Å². The molecular weight excluding hydrogens is 512 g/mol. The number of halogens is 1. The molecule has 0 aliphatic carbocycles. The molecule has 1 amide bonds. The highest BCUT2D eigenvalue weighted by molar-refractivity contribution is 6.35. The molecule has 5 N–H and O–H groups in total. The summed E-state index contributed by atoms with van der Waals surface area (Å²) in [5, 5.41) is 15.0. The van der Waals surface area contributed by atoms with E-state index in [0.29, 0.717) is 37.5 Å². The highest BCUT2D eigenvalue weighted by Gasteiger charge is 2.29. The highest BCUT2D eigenvalue weighted by Crippen LogP contribution is 2.26. The van der Waals surface area contributed by atoms with E-state index in [0.717, 1.165) is 0 Å². The molecule has 14 heteroatoms. The fourth-order valence-electron chi connectivity index (χ4n) is 4.14. The van der Waals surface area contributed by atoms with Crippen molar-refractivity contribution in [1.82, 2.24) is 24.5 Å². The molecule has 2 aromatic heterocycles. The maximum Gasteiger partial charge on any atom is 0.410 e. The van der Waals surface area contributed by atoms with E-state index in [-0.39, 0.29) is 39.1 Å². The molecule has 1 aliphatic rings. The first-order chi connectivity index (χ1) is 17.9. The molecule has 0 radical (unpaired) electrons. The predicted octanol–water partition coefficient (Wildman–Crippen LogP) is 2.24. The van der Waals surface area contributed by atoms with Gasteiger partial charge in [0.05, 0.1) is 35.1 Å². The van der Waals surface area contributed by atoms with Gasteiger partial charge in [-0.15, -0.1) is 0 Å². The second kappa shape index (κ2) is 10.2. The van der Waals surface area contributed by atoms with Gasteiger partial charge in [-0.2, -0.15) is 15.2 Å². The number of anilines is 3. The first-order valence-corrected chi connectivity index (χ1v) is 12.3. The second-order valence-corrected chi connectivity index (χ2v) is 10.2. The summed E-state index contributed by atoms with van der Waals surface area (Å²) in [5.41, 5.74) is 11.1. The number of carbonyl (C=O) groups is 1. The zero-order chi connectivity index (χ0) is 27.8. The van der Waals surface area contributed by atoms with Crippen LogP contribution in [0.25, 0.3) is 10.9 Å². The average molecular weight is 541 g/mol. The van der Waals surface area contributed by atoms with Gasteiger partial charge in [-0.1, -0.05) is 17.7 Å². The first kappa shape index (κ1) is 26.7. The molecule has 1 atom stereocenters. The Morgan fingerprint density at radius 1 is 1.18 bits per heavy atom. The molecular formula is C24H29ClN10O3. The lowest BCUT2D eigenvalue weighted by atomic mass is 10.2. The number of piperazine rings is 1. The normalized spacial score (nSPS) is 14.7. The molecule has 4 rings (SSSR count). The number of hydrogen-bond donors (Lipinski definition) is 3. The number of benzene rings is 1. The van der Waals surface area contributed by atoms with Crippen molar-refractivity contribution in [2.24, 2.45) is 0 Å². The number of carbonyl (C=O) groups excluding carboxylic acids is 1. The number of fused-ring (bicyclic) bond motifs is 1. The minimum atomic E-state index is -0.629. The molecule has 13 nitrogen and oxygen atoms in total. The first-order valence-electron chi connectivity index (χ1n) is 11.9. The maximum absolute atomic E-state index is 13.8. The lowest BCUT2D eigenvalue weighted by Crippen LogP contribution is -2.57. The van der Waals surface area contributed by atoms with Crippen LogP contribution in [0.4, 0.5) is 22.4 Å². The van der Waals surface area contributed by atoms with E-state index in [2.05, 4.69) is 15.3 Å². The Hall–Kier alpha value is -4.31. The van der Waals surface area contributed by atoms with Crippen LogP contribution in [0.2, 0.25) is 5.02 Å². The number of nitriles is 1. The molecule has 3 aromatic rings. The van der Waals surface area contributed by atoms with Crippen LogP contribution in [0.5, 0.6) is 0 Å². The van der Waals surface area contributed by atoms with Gasteiger partial charge in [0.15, 0.2) is 11.6 Å². The van der Waals surface area contributed by atoms with Crippen LogP contribution in [0.1, 0.15) is 45.1 Å². The van der Waals surface area contributed by atoms with E-state index in [1.165, 1.54) is 4.68 Å². The summed E-state index contributed by atoms with van der Waals surface area (Å²) >= 11 is 6.40. The minimum absolute atomic E-state index is 0.0229. The smallest absolute Gasteiger partial charge is 0.410 e. The van der Waals surface area contributed by atoms with Gasteiger partial charge in [0, 0.05) is 13.1 Å². The van der Waals surface area contributed by atoms with E-state index >= 15 is 0 Å². The summed E-state index contributed by atoms with van der Waals surface area (Å²) in [6.45, 7) is 8.54. The number of hydrogen-bond acceptors (Lipinski definition) is 11. The minimum Gasteiger partial charge on any atom is -0.444 e. The quantitative estimate of drug-likeness (QED) is 0.441. The number of aromatic nitrogens is 4. The van der Waals surface area contributed by atoms with Crippen LogP contribution in [0.3, 0.4) is 0 Å². The van der Waals surface area contributed by atoms with Crippen molar-refractivity contribution >= 4 is 46.2 Å². The van der Waals surface area contributed by atoms with Gasteiger partial charge >= 0.3 is 6.09 Å². The molecule has 0 spiro atoms. The standard InChI is InChI=1S/C24H29ClN10O3/c1-13(29-19-14(12-26)18(27)31-22(28)32-19)20-30-16-7-5-6-15(25)17(16)21(36)35(20)34-10-8-33(9-11-34)23(37)38-24(2,3)4/h5-7,13H,8-11H2,1-4H3,(H5,27,28,29,31,32). The van der Waals surface area contributed by atoms with E-state index in [1.54, 1.807) is 35.0 Å². The second-order valence-electron chi connectivity index (χ2n) is 9.81. The van der Waals surface area contributed by atoms with Crippen molar-refractivity contribution < 1.29 is 9.53 Å². The van der Waals surface area contributed by atoms with Gasteiger partial charge in [0.25, 0.3) is 5.56 Å². The van der Waals surface area contributed by atoms with Gasteiger partial charge in [-0.25, -0.2) is 14.5 Å². The van der Waals surface area contributed by atoms with Crippen molar-refractivity contribution in [1.29, 1.82) is 5.26 Å². The lowest BCUT2D eigenvalue weighted by molar-refractivity contribution is 0.0231. The Labute approximate surface area is 223 Å². The van der Waals surface area contributed by atoms with Crippen LogP contribution in [0, 0.1) is 11.3 Å². The van der Waals surface area contributed by atoms with E-state index < -0.39 is 17.7 Å². The zero-order valence-corrected chi connectivity index (χ0v) is 22.3. The van der Waals surface area contributed by atoms with Gasteiger partial charge in [-0.05, 0) is 39.8 Å². The molecule has 1 aromatic carbocycles. The van der Waals surface area contributed by atoms with Crippen LogP contribution in [0.15, 0.2) is 23.0 Å². The molecule has 3 heterocycles. The van der Waals surface area contributed by atoms with Gasteiger partial charge in [0.2, 0.25) is 5.95 Å². The number of ether oxygens (including phenoxy) is 1. The Morgan fingerprint density at radius 2 is 1.87 bits per heavy atom. The lowest BCUT2D eigenvalue weighted by Gasteiger charge is -2.38. The molecule has 38 heavy (non-hydrogen) atoms. The fraction of sp³-hybridized carbons (Fsp3) is 0.417. The SMILES string of the molecule is CC(Nc1nc(N)nc(N)c1C#N)c1nc2cccc(Cl)c2c(=O)n1N1CCN(C(=O)OC(C)(C)C)CC1. The summed E-state index contributed by atoms with van der Waals surface area (Å²) < 4.78 is 6.94. The molecule has 1 unspecified atom stereocenters. The molecule has 0 saturated carbocycles. The largest absolute Gasteiger partial charge is 0.444 e. The highest BCUT2D eigenvalue weighted by atomic mass is 35.5. The third-order valence-electron chi connectivity index (χ3n) is 5.85. The average Bonchev–Trinajstić information content (AvgIpc) is 2.82. The summed E-state index contributed by atoms with van der Waals surface area (Å²) in [5.74, 6) is 0.288. The van der Waals surface area contributed by atoms with E-state index in [4.69, 9.17) is 32.8 Å². The third kappa shape index (κ3) is 5.35. The van der Waals surface area contributed by atoms with Gasteiger partial charge < -0.3 is 31.4 Å². The van der Waals surface area contributed by atoms with Crippen molar-refractivity contribution in [3.8, 4) is 6.07 Å². The van der Waals surface area contributed by atoms with Gasteiger partial charge in [0.1, 0.15) is 23.1 Å². The number of nitrogens with two attached hydrogens (primary N) is 2. The monoisotopic (exact) mass is 540 g/mol. The number of nitrogen functional groups attached to an aromatic ring is 2. The summed E-state index contributed by atoms with van der Waals surface area (Å²) in [6, 6.07) is 6.38. The molecule has 0 bridgehead atoms. The van der Waals surface area contributed by atoms with Crippen molar-refractivity contribution in [2.45, 2.75) is 39.3 Å². The van der Waals surface area contributed by atoms with Crippen LogP contribution >= 0.6 is 11.6 Å². The number of nitrogens with zero attached hydrogens (tertiary/aromatic N) is 7. The number of nitrogens with one attached hydrogen (secondary N) is 1. The Morgan fingerprint density at radius 3 is 2.50 bits per heavy atom. The molecule has 1 fully saturated rings. The molecule has 1 saturated heterocycles.